The van der Waals surface area contributed by atoms with Crippen LogP contribution in [0, 0.1) is 0 Å². The van der Waals surface area contributed by atoms with Crippen LogP contribution in [0.4, 0.5) is 0 Å². The Hall–Kier alpha value is -3.07. The van der Waals surface area contributed by atoms with Crippen LogP contribution in [-0.4, -0.2) is 32.0 Å². The SMILES string of the molecule is O=C(Cn1nnc(-c2ccccc2)n1)NNC(=O)c1cccs1. The fourth-order valence-electron chi connectivity index (χ4n) is 1.78. The summed E-state index contributed by atoms with van der Waals surface area (Å²) in [4.78, 5) is 25.1. The van der Waals surface area contributed by atoms with Crippen molar-refractivity contribution in [2.45, 2.75) is 6.54 Å². The van der Waals surface area contributed by atoms with E-state index in [0.29, 0.717) is 10.7 Å². The molecule has 2 heterocycles. The summed E-state index contributed by atoms with van der Waals surface area (Å²) in [7, 11) is 0. The van der Waals surface area contributed by atoms with Gasteiger partial charge in [0, 0.05) is 5.56 Å². The number of benzene rings is 1. The average molecular weight is 328 g/mol. The number of hydrazine groups is 1. The topological polar surface area (TPSA) is 102 Å². The molecule has 3 aromatic rings. The molecule has 0 spiro atoms. The normalized spacial score (nSPS) is 10.3. The van der Waals surface area contributed by atoms with Gasteiger partial charge in [-0.25, -0.2) is 0 Å². The van der Waals surface area contributed by atoms with Crippen LogP contribution in [-0.2, 0) is 11.3 Å². The van der Waals surface area contributed by atoms with Crippen LogP contribution >= 0.6 is 11.3 Å². The molecule has 2 amide bonds. The lowest BCUT2D eigenvalue weighted by molar-refractivity contribution is -0.122. The second-order valence-corrected chi connectivity index (χ2v) is 5.44. The van der Waals surface area contributed by atoms with E-state index in [9.17, 15) is 9.59 Å². The predicted molar refractivity (Wildman–Crippen MR) is 83.2 cm³/mol. The molecule has 0 bridgehead atoms. The molecule has 2 aromatic heterocycles. The number of carbonyl (C=O) groups excluding carboxylic acids is 2. The van der Waals surface area contributed by atoms with E-state index < -0.39 is 5.91 Å². The molecule has 0 saturated carbocycles. The summed E-state index contributed by atoms with van der Waals surface area (Å²) >= 11 is 1.28. The fraction of sp³-hybridized carbons (Fsp3) is 0.0714. The first-order valence-corrected chi connectivity index (χ1v) is 7.56. The van der Waals surface area contributed by atoms with E-state index in [-0.39, 0.29) is 12.5 Å². The maximum absolute atomic E-state index is 11.8. The van der Waals surface area contributed by atoms with Crippen LogP contribution in [0.3, 0.4) is 0 Å². The summed E-state index contributed by atoms with van der Waals surface area (Å²) < 4.78 is 0. The van der Waals surface area contributed by atoms with Crippen molar-refractivity contribution in [2.24, 2.45) is 0 Å². The van der Waals surface area contributed by atoms with Crippen molar-refractivity contribution in [1.29, 1.82) is 0 Å². The molecule has 0 unspecified atom stereocenters. The highest BCUT2D eigenvalue weighted by Crippen LogP contribution is 2.11. The molecule has 116 valence electrons. The van der Waals surface area contributed by atoms with Crippen molar-refractivity contribution in [1.82, 2.24) is 31.1 Å². The maximum Gasteiger partial charge on any atom is 0.279 e. The van der Waals surface area contributed by atoms with Crippen molar-refractivity contribution in [3.63, 3.8) is 0 Å². The molecule has 1 aromatic carbocycles. The van der Waals surface area contributed by atoms with Gasteiger partial charge in [0.2, 0.25) is 5.82 Å². The lowest BCUT2D eigenvalue weighted by Crippen LogP contribution is -2.43. The van der Waals surface area contributed by atoms with Crippen LogP contribution in [0.25, 0.3) is 11.4 Å². The van der Waals surface area contributed by atoms with Crippen molar-refractivity contribution in [3.8, 4) is 11.4 Å². The molecule has 0 aliphatic carbocycles. The first-order valence-electron chi connectivity index (χ1n) is 6.68. The van der Waals surface area contributed by atoms with Gasteiger partial charge in [0.05, 0.1) is 4.88 Å². The average Bonchev–Trinajstić information content (AvgIpc) is 3.25. The van der Waals surface area contributed by atoms with E-state index in [1.807, 2.05) is 30.3 Å². The highest BCUT2D eigenvalue weighted by molar-refractivity contribution is 7.12. The Morgan fingerprint density at radius 3 is 2.65 bits per heavy atom. The van der Waals surface area contributed by atoms with Gasteiger partial charge >= 0.3 is 0 Å². The first kappa shape index (κ1) is 14.9. The molecule has 0 aliphatic rings. The van der Waals surface area contributed by atoms with Crippen LogP contribution in [0.5, 0.6) is 0 Å². The Morgan fingerprint density at radius 1 is 1.09 bits per heavy atom. The molecular weight excluding hydrogens is 316 g/mol. The fourth-order valence-corrected chi connectivity index (χ4v) is 2.40. The Bertz CT molecular complexity index is 800. The van der Waals surface area contributed by atoms with Crippen LogP contribution in [0.2, 0.25) is 0 Å². The monoisotopic (exact) mass is 328 g/mol. The van der Waals surface area contributed by atoms with Gasteiger partial charge in [-0.15, -0.1) is 21.5 Å². The lowest BCUT2D eigenvalue weighted by Gasteiger charge is -2.05. The number of amides is 2. The molecule has 0 saturated heterocycles. The summed E-state index contributed by atoms with van der Waals surface area (Å²) in [6.45, 7) is -0.148. The van der Waals surface area contributed by atoms with E-state index in [0.717, 1.165) is 10.4 Å². The number of thiophene rings is 1. The smallest absolute Gasteiger partial charge is 0.271 e. The Morgan fingerprint density at radius 2 is 1.91 bits per heavy atom. The Kier molecular flexibility index (Phi) is 4.39. The maximum atomic E-state index is 11.8. The molecule has 0 aliphatic heterocycles. The second-order valence-electron chi connectivity index (χ2n) is 4.49. The lowest BCUT2D eigenvalue weighted by atomic mass is 10.2. The van der Waals surface area contributed by atoms with Gasteiger partial charge in [-0.1, -0.05) is 36.4 Å². The van der Waals surface area contributed by atoms with Crippen molar-refractivity contribution < 1.29 is 9.59 Å². The van der Waals surface area contributed by atoms with Gasteiger partial charge in [0.15, 0.2) is 0 Å². The predicted octanol–water partition coefficient (Wildman–Crippen LogP) is 0.863. The second kappa shape index (κ2) is 6.79. The molecule has 0 atom stereocenters. The largest absolute Gasteiger partial charge is 0.279 e. The molecule has 3 rings (SSSR count). The number of hydrogen-bond acceptors (Lipinski definition) is 6. The third-order valence-corrected chi connectivity index (χ3v) is 3.70. The van der Waals surface area contributed by atoms with E-state index in [1.54, 1.807) is 17.5 Å². The third kappa shape index (κ3) is 3.77. The molecular formula is C14H12N6O2S. The minimum Gasteiger partial charge on any atom is -0.271 e. The van der Waals surface area contributed by atoms with Gasteiger partial charge in [-0.2, -0.15) is 4.80 Å². The number of rotatable bonds is 4. The van der Waals surface area contributed by atoms with Crippen LogP contribution in [0.15, 0.2) is 47.8 Å². The van der Waals surface area contributed by atoms with Gasteiger partial charge in [0.25, 0.3) is 11.8 Å². The zero-order valence-electron chi connectivity index (χ0n) is 11.8. The highest BCUT2D eigenvalue weighted by atomic mass is 32.1. The number of tetrazole rings is 1. The highest BCUT2D eigenvalue weighted by Gasteiger charge is 2.11. The Labute approximate surface area is 135 Å². The zero-order chi connectivity index (χ0) is 16.1. The van der Waals surface area contributed by atoms with Crippen molar-refractivity contribution in [2.75, 3.05) is 0 Å². The zero-order valence-corrected chi connectivity index (χ0v) is 12.7. The number of nitrogens with one attached hydrogen (secondary N) is 2. The quantitative estimate of drug-likeness (QED) is 0.692. The molecule has 2 N–H and O–H groups in total. The standard InChI is InChI=1S/C14H12N6O2S/c21-12(15-17-14(22)11-7-4-8-23-11)9-20-18-13(16-19-20)10-5-2-1-3-6-10/h1-8H,9H2,(H,15,21)(H,17,22). The number of aromatic nitrogens is 4. The summed E-state index contributed by atoms with van der Waals surface area (Å²) in [5, 5.41) is 13.6. The minimum atomic E-state index is -0.452. The summed E-state index contributed by atoms with van der Waals surface area (Å²) in [5.41, 5.74) is 5.44. The number of nitrogens with zero attached hydrogens (tertiary/aromatic N) is 4. The van der Waals surface area contributed by atoms with Crippen LogP contribution in [0.1, 0.15) is 9.67 Å². The summed E-state index contributed by atoms with van der Waals surface area (Å²) in [6.07, 6.45) is 0. The third-order valence-electron chi connectivity index (χ3n) is 2.83. The van der Waals surface area contributed by atoms with E-state index in [4.69, 9.17) is 0 Å². The summed E-state index contributed by atoms with van der Waals surface area (Å²) in [6, 6.07) is 12.7. The van der Waals surface area contributed by atoms with Crippen molar-refractivity contribution in [3.05, 3.63) is 52.7 Å². The van der Waals surface area contributed by atoms with Gasteiger partial charge in [-0.3, -0.25) is 20.4 Å². The van der Waals surface area contributed by atoms with Gasteiger partial charge < -0.3 is 0 Å². The van der Waals surface area contributed by atoms with E-state index >= 15 is 0 Å². The van der Waals surface area contributed by atoms with Crippen molar-refractivity contribution >= 4 is 23.2 Å². The van der Waals surface area contributed by atoms with Crippen LogP contribution < -0.4 is 10.9 Å². The summed E-state index contributed by atoms with van der Waals surface area (Å²) in [5.74, 6) is -0.391. The number of hydrogen-bond donors (Lipinski definition) is 2. The molecule has 23 heavy (non-hydrogen) atoms. The minimum absolute atomic E-state index is 0.148. The molecule has 8 nitrogen and oxygen atoms in total. The Balaban J connectivity index is 1.54. The molecule has 9 heteroatoms. The van der Waals surface area contributed by atoms with Gasteiger partial charge in [0.1, 0.15) is 6.54 Å². The first-order chi connectivity index (χ1) is 11.2. The molecule has 0 fully saturated rings. The number of carbonyl (C=O) groups is 2. The molecule has 0 radical (unpaired) electrons. The van der Waals surface area contributed by atoms with Gasteiger partial charge in [-0.05, 0) is 16.7 Å². The van der Waals surface area contributed by atoms with E-state index in [1.165, 1.54) is 11.3 Å². The van der Waals surface area contributed by atoms with E-state index in [2.05, 4.69) is 26.3 Å².